The standard InChI is InChI=1S/C21H22N2O2/c1-5-23-12-17(20(24)16-11-14(3)7-9-19(16)23)21(25)22-18-8-6-13(2)10-15(18)4/h6-12H,5H2,1-4H3,(H,22,25). The summed E-state index contributed by atoms with van der Waals surface area (Å²) in [6, 6.07) is 11.6. The molecular weight excluding hydrogens is 312 g/mol. The van der Waals surface area contributed by atoms with Crippen LogP contribution in [0.15, 0.2) is 47.4 Å². The summed E-state index contributed by atoms with van der Waals surface area (Å²) in [4.78, 5) is 25.6. The van der Waals surface area contributed by atoms with E-state index in [1.54, 1.807) is 6.20 Å². The van der Waals surface area contributed by atoms with Gasteiger partial charge in [-0.3, -0.25) is 9.59 Å². The Morgan fingerprint density at radius 3 is 2.40 bits per heavy atom. The minimum Gasteiger partial charge on any atom is -0.347 e. The number of aromatic nitrogens is 1. The zero-order valence-electron chi connectivity index (χ0n) is 15.0. The smallest absolute Gasteiger partial charge is 0.261 e. The van der Waals surface area contributed by atoms with E-state index in [2.05, 4.69) is 5.32 Å². The van der Waals surface area contributed by atoms with E-state index in [1.807, 2.05) is 68.7 Å². The molecule has 1 heterocycles. The zero-order chi connectivity index (χ0) is 18.1. The van der Waals surface area contributed by atoms with Crippen molar-refractivity contribution in [2.24, 2.45) is 0 Å². The first-order valence-electron chi connectivity index (χ1n) is 8.43. The third kappa shape index (κ3) is 3.20. The van der Waals surface area contributed by atoms with Gasteiger partial charge in [-0.1, -0.05) is 29.3 Å². The predicted molar refractivity (Wildman–Crippen MR) is 102 cm³/mol. The first-order valence-corrected chi connectivity index (χ1v) is 8.43. The van der Waals surface area contributed by atoms with Gasteiger partial charge in [-0.05, 0) is 51.5 Å². The number of nitrogens with one attached hydrogen (secondary N) is 1. The Hall–Kier alpha value is -2.88. The van der Waals surface area contributed by atoms with E-state index in [-0.39, 0.29) is 16.9 Å². The number of pyridine rings is 1. The fraction of sp³-hybridized carbons (Fsp3) is 0.238. The van der Waals surface area contributed by atoms with E-state index in [9.17, 15) is 9.59 Å². The lowest BCUT2D eigenvalue weighted by Crippen LogP contribution is -2.24. The highest BCUT2D eigenvalue weighted by atomic mass is 16.2. The normalized spacial score (nSPS) is 10.9. The predicted octanol–water partition coefficient (Wildman–Crippen LogP) is 4.20. The minimum atomic E-state index is -0.373. The molecule has 4 heteroatoms. The summed E-state index contributed by atoms with van der Waals surface area (Å²) < 4.78 is 1.94. The second-order valence-corrected chi connectivity index (χ2v) is 6.45. The average molecular weight is 334 g/mol. The first-order chi connectivity index (χ1) is 11.9. The van der Waals surface area contributed by atoms with Crippen LogP contribution >= 0.6 is 0 Å². The van der Waals surface area contributed by atoms with Crippen LogP contribution in [0.5, 0.6) is 0 Å². The Morgan fingerprint density at radius 2 is 1.72 bits per heavy atom. The maximum absolute atomic E-state index is 12.8. The van der Waals surface area contributed by atoms with Crippen molar-refractivity contribution in [3.8, 4) is 0 Å². The molecule has 128 valence electrons. The van der Waals surface area contributed by atoms with Crippen molar-refractivity contribution in [3.63, 3.8) is 0 Å². The van der Waals surface area contributed by atoms with Crippen molar-refractivity contribution < 1.29 is 4.79 Å². The molecule has 25 heavy (non-hydrogen) atoms. The highest BCUT2D eigenvalue weighted by molar-refractivity contribution is 6.06. The summed E-state index contributed by atoms with van der Waals surface area (Å²) in [6.07, 6.45) is 1.65. The number of anilines is 1. The number of hydrogen-bond acceptors (Lipinski definition) is 2. The summed E-state index contributed by atoms with van der Waals surface area (Å²) in [5, 5.41) is 3.45. The van der Waals surface area contributed by atoms with Gasteiger partial charge in [0.25, 0.3) is 5.91 Å². The van der Waals surface area contributed by atoms with Crippen LogP contribution < -0.4 is 10.7 Å². The van der Waals surface area contributed by atoms with Crippen LogP contribution in [-0.2, 0) is 6.54 Å². The molecule has 0 saturated carbocycles. The summed E-state index contributed by atoms with van der Waals surface area (Å²) in [5.74, 6) is -0.373. The molecule has 0 aliphatic carbocycles. The number of nitrogens with zero attached hydrogens (tertiary/aromatic N) is 1. The van der Waals surface area contributed by atoms with Gasteiger partial charge in [0.2, 0.25) is 5.43 Å². The molecular formula is C21H22N2O2. The van der Waals surface area contributed by atoms with Crippen molar-refractivity contribution in [2.45, 2.75) is 34.2 Å². The van der Waals surface area contributed by atoms with Crippen LogP contribution in [0.4, 0.5) is 5.69 Å². The van der Waals surface area contributed by atoms with Gasteiger partial charge in [0.15, 0.2) is 0 Å². The molecule has 3 aromatic rings. The van der Waals surface area contributed by atoms with E-state index in [0.29, 0.717) is 11.9 Å². The van der Waals surface area contributed by atoms with Crippen molar-refractivity contribution >= 4 is 22.5 Å². The van der Waals surface area contributed by atoms with Crippen LogP contribution in [0.25, 0.3) is 10.9 Å². The lowest BCUT2D eigenvalue weighted by molar-refractivity contribution is 0.102. The SMILES string of the molecule is CCn1cc(C(=O)Nc2ccc(C)cc2C)c(=O)c2cc(C)ccc21. The van der Waals surface area contributed by atoms with E-state index < -0.39 is 0 Å². The summed E-state index contributed by atoms with van der Waals surface area (Å²) in [5.41, 5.74) is 4.61. The van der Waals surface area contributed by atoms with Crippen molar-refractivity contribution in [1.82, 2.24) is 4.57 Å². The molecule has 0 saturated heterocycles. The highest BCUT2D eigenvalue weighted by Crippen LogP contribution is 2.18. The average Bonchev–Trinajstić information content (AvgIpc) is 2.58. The Labute approximate surface area is 147 Å². The van der Waals surface area contributed by atoms with Crippen LogP contribution in [-0.4, -0.2) is 10.5 Å². The molecule has 0 aliphatic heterocycles. The number of carbonyl (C=O) groups is 1. The monoisotopic (exact) mass is 334 g/mol. The van der Waals surface area contributed by atoms with E-state index in [4.69, 9.17) is 0 Å². The number of amides is 1. The number of fused-ring (bicyclic) bond motifs is 1. The van der Waals surface area contributed by atoms with Gasteiger partial charge in [0.1, 0.15) is 5.56 Å². The lowest BCUT2D eigenvalue weighted by atomic mass is 10.1. The highest BCUT2D eigenvalue weighted by Gasteiger charge is 2.16. The van der Waals surface area contributed by atoms with Crippen LogP contribution in [0, 0.1) is 20.8 Å². The van der Waals surface area contributed by atoms with Gasteiger partial charge in [-0.2, -0.15) is 0 Å². The lowest BCUT2D eigenvalue weighted by Gasteiger charge is -2.13. The molecule has 0 bridgehead atoms. The summed E-state index contributed by atoms with van der Waals surface area (Å²) >= 11 is 0. The molecule has 0 unspecified atom stereocenters. The largest absolute Gasteiger partial charge is 0.347 e. The molecule has 0 fully saturated rings. The van der Waals surface area contributed by atoms with Crippen molar-refractivity contribution in [2.75, 3.05) is 5.32 Å². The number of aryl methyl sites for hydroxylation is 4. The summed E-state index contributed by atoms with van der Waals surface area (Å²) in [6.45, 7) is 8.57. The fourth-order valence-electron chi connectivity index (χ4n) is 3.08. The third-order valence-corrected chi connectivity index (χ3v) is 4.45. The third-order valence-electron chi connectivity index (χ3n) is 4.45. The van der Waals surface area contributed by atoms with Crippen LogP contribution in [0.2, 0.25) is 0 Å². The molecule has 4 nitrogen and oxygen atoms in total. The molecule has 1 amide bonds. The fourth-order valence-corrected chi connectivity index (χ4v) is 3.08. The van der Waals surface area contributed by atoms with E-state index in [1.165, 1.54) is 0 Å². The minimum absolute atomic E-state index is 0.167. The van der Waals surface area contributed by atoms with E-state index in [0.717, 1.165) is 27.9 Å². The Bertz CT molecular complexity index is 1030. The summed E-state index contributed by atoms with van der Waals surface area (Å²) in [7, 11) is 0. The maximum Gasteiger partial charge on any atom is 0.261 e. The quantitative estimate of drug-likeness (QED) is 0.780. The maximum atomic E-state index is 12.8. The van der Waals surface area contributed by atoms with Gasteiger partial charge in [-0.15, -0.1) is 0 Å². The number of carbonyl (C=O) groups excluding carboxylic acids is 1. The van der Waals surface area contributed by atoms with Crippen LogP contribution in [0.3, 0.4) is 0 Å². The van der Waals surface area contributed by atoms with Gasteiger partial charge >= 0.3 is 0 Å². The molecule has 0 radical (unpaired) electrons. The van der Waals surface area contributed by atoms with Gasteiger partial charge < -0.3 is 9.88 Å². The Morgan fingerprint density at radius 1 is 1.04 bits per heavy atom. The number of benzene rings is 2. The zero-order valence-corrected chi connectivity index (χ0v) is 15.0. The Balaban J connectivity index is 2.10. The van der Waals surface area contributed by atoms with Crippen LogP contribution in [0.1, 0.15) is 34.0 Å². The second-order valence-electron chi connectivity index (χ2n) is 6.45. The number of rotatable bonds is 3. The molecule has 1 aromatic heterocycles. The molecule has 3 rings (SSSR count). The van der Waals surface area contributed by atoms with E-state index >= 15 is 0 Å². The molecule has 0 aliphatic rings. The molecule has 1 N–H and O–H groups in total. The Kier molecular flexibility index (Phi) is 4.45. The molecule has 0 spiro atoms. The number of hydrogen-bond donors (Lipinski definition) is 1. The second kappa shape index (κ2) is 6.55. The topological polar surface area (TPSA) is 51.1 Å². The van der Waals surface area contributed by atoms with Gasteiger partial charge in [0, 0.05) is 23.8 Å². The van der Waals surface area contributed by atoms with Crippen molar-refractivity contribution in [1.29, 1.82) is 0 Å². The van der Waals surface area contributed by atoms with Crippen molar-refractivity contribution in [3.05, 3.63) is 75.1 Å². The van der Waals surface area contributed by atoms with Gasteiger partial charge in [0.05, 0.1) is 5.52 Å². The molecule has 0 atom stereocenters. The molecule has 2 aromatic carbocycles. The first kappa shape index (κ1) is 17.0. The van der Waals surface area contributed by atoms with Gasteiger partial charge in [-0.25, -0.2) is 0 Å².